The zero-order chi connectivity index (χ0) is 11.3. The molecule has 0 amide bonds. The van der Waals surface area contributed by atoms with Crippen molar-refractivity contribution in [2.45, 2.75) is 32.7 Å². The third-order valence-electron chi connectivity index (χ3n) is 2.17. The van der Waals surface area contributed by atoms with E-state index in [4.69, 9.17) is 0 Å². The highest BCUT2D eigenvalue weighted by Crippen LogP contribution is 2.19. The molecular weight excluding hydrogens is 196 g/mol. The Labute approximate surface area is 89.5 Å². The van der Waals surface area contributed by atoms with E-state index in [1.807, 2.05) is 6.07 Å². The number of benzene rings is 1. The number of hydrogen-bond donors (Lipinski definition) is 1. The van der Waals surface area contributed by atoms with Crippen LogP contribution in [-0.4, -0.2) is 12.6 Å². The number of hydrogen-bond acceptors (Lipinski definition) is 1. The molecule has 0 atom stereocenters. The van der Waals surface area contributed by atoms with Crippen molar-refractivity contribution in [3.63, 3.8) is 0 Å². The maximum absolute atomic E-state index is 12.4. The van der Waals surface area contributed by atoms with Gasteiger partial charge in [0.05, 0.1) is 0 Å². The van der Waals surface area contributed by atoms with E-state index < -0.39 is 6.43 Å². The summed E-state index contributed by atoms with van der Waals surface area (Å²) in [6.45, 7) is 4.95. The summed E-state index contributed by atoms with van der Waals surface area (Å²) in [4.78, 5) is 0. The van der Waals surface area contributed by atoms with Crippen LogP contribution in [0, 0.1) is 0 Å². The van der Waals surface area contributed by atoms with Crippen LogP contribution in [0.15, 0.2) is 24.3 Å². The lowest BCUT2D eigenvalue weighted by Crippen LogP contribution is -2.24. The molecule has 0 spiro atoms. The lowest BCUT2D eigenvalue weighted by atomic mass is 10.1. The van der Waals surface area contributed by atoms with Gasteiger partial charge in [0.25, 0.3) is 6.43 Å². The van der Waals surface area contributed by atoms with Gasteiger partial charge in [-0.15, -0.1) is 0 Å². The van der Waals surface area contributed by atoms with Crippen molar-refractivity contribution >= 4 is 0 Å². The van der Waals surface area contributed by atoms with Gasteiger partial charge in [-0.05, 0) is 18.5 Å². The van der Waals surface area contributed by atoms with Gasteiger partial charge in [0.2, 0.25) is 0 Å². The predicted octanol–water partition coefficient (Wildman–Crippen LogP) is 3.16. The van der Waals surface area contributed by atoms with Gasteiger partial charge in [-0.1, -0.05) is 38.1 Å². The largest absolute Gasteiger partial charge is 0.314 e. The molecule has 0 fully saturated rings. The van der Waals surface area contributed by atoms with Crippen LogP contribution in [0.25, 0.3) is 0 Å². The molecule has 0 radical (unpaired) electrons. The zero-order valence-corrected chi connectivity index (χ0v) is 9.13. The van der Waals surface area contributed by atoms with Crippen molar-refractivity contribution in [2.24, 2.45) is 0 Å². The molecule has 0 aromatic heterocycles. The molecule has 0 aliphatic rings. The van der Waals surface area contributed by atoms with Crippen molar-refractivity contribution in [1.82, 2.24) is 5.32 Å². The van der Waals surface area contributed by atoms with Gasteiger partial charge in [-0.2, -0.15) is 0 Å². The smallest absolute Gasteiger partial charge is 0.263 e. The molecule has 3 heteroatoms. The number of rotatable bonds is 5. The van der Waals surface area contributed by atoms with Crippen molar-refractivity contribution in [1.29, 1.82) is 0 Å². The first-order valence-corrected chi connectivity index (χ1v) is 5.20. The van der Waals surface area contributed by atoms with E-state index in [2.05, 4.69) is 19.2 Å². The Kier molecular flexibility index (Phi) is 4.69. The molecule has 0 aliphatic heterocycles. The molecule has 15 heavy (non-hydrogen) atoms. The average molecular weight is 213 g/mol. The van der Waals surface area contributed by atoms with E-state index in [0.717, 1.165) is 18.5 Å². The van der Waals surface area contributed by atoms with Crippen LogP contribution in [-0.2, 0) is 6.42 Å². The van der Waals surface area contributed by atoms with Gasteiger partial charge in [0, 0.05) is 11.6 Å². The lowest BCUT2D eigenvalue weighted by molar-refractivity contribution is 0.151. The maximum Gasteiger partial charge on any atom is 0.263 e. The van der Waals surface area contributed by atoms with Crippen LogP contribution in [0.3, 0.4) is 0 Å². The van der Waals surface area contributed by atoms with E-state index in [-0.39, 0.29) is 5.56 Å². The topological polar surface area (TPSA) is 12.0 Å². The van der Waals surface area contributed by atoms with Crippen LogP contribution in [0.1, 0.15) is 31.4 Å². The first kappa shape index (κ1) is 12.1. The second-order valence-corrected chi connectivity index (χ2v) is 3.90. The number of nitrogens with one attached hydrogen (secondary N) is 1. The first-order valence-electron chi connectivity index (χ1n) is 5.20. The second kappa shape index (κ2) is 5.81. The Bertz CT molecular complexity index is 297. The fourth-order valence-corrected chi connectivity index (χ4v) is 1.39. The van der Waals surface area contributed by atoms with Gasteiger partial charge < -0.3 is 5.32 Å². The molecular formula is C12H17F2N. The van der Waals surface area contributed by atoms with Gasteiger partial charge in [-0.3, -0.25) is 0 Å². The van der Waals surface area contributed by atoms with Gasteiger partial charge in [0.15, 0.2) is 0 Å². The Hall–Kier alpha value is -0.960. The highest BCUT2D eigenvalue weighted by atomic mass is 19.3. The normalized spacial score (nSPS) is 11.3. The van der Waals surface area contributed by atoms with E-state index in [9.17, 15) is 8.78 Å². The minimum Gasteiger partial charge on any atom is -0.314 e. The summed E-state index contributed by atoms with van der Waals surface area (Å²) in [7, 11) is 0. The third kappa shape index (κ3) is 4.38. The summed E-state index contributed by atoms with van der Waals surface area (Å²) in [5.74, 6) is 0. The minimum atomic E-state index is -2.37. The molecule has 0 saturated carbocycles. The van der Waals surface area contributed by atoms with Crippen molar-refractivity contribution in [3.05, 3.63) is 35.4 Å². The first-order chi connectivity index (χ1) is 7.09. The molecule has 1 N–H and O–H groups in total. The van der Waals surface area contributed by atoms with Crippen molar-refractivity contribution < 1.29 is 8.78 Å². The third-order valence-corrected chi connectivity index (χ3v) is 2.17. The summed E-state index contributed by atoms with van der Waals surface area (Å²) >= 11 is 0. The average Bonchev–Trinajstić information content (AvgIpc) is 2.17. The molecule has 0 bridgehead atoms. The van der Waals surface area contributed by atoms with E-state index in [1.54, 1.807) is 12.1 Å². The second-order valence-electron chi connectivity index (χ2n) is 3.90. The van der Waals surface area contributed by atoms with Crippen LogP contribution in [0.4, 0.5) is 8.78 Å². The Morgan fingerprint density at radius 1 is 1.27 bits per heavy atom. The summed E-state index contributed by atoms with van der Waals surface area (Å²) in [6, 6.07) is 7.04. The predicted molar refractivity (Wildman–Crippen MR) is 58.2 cm³/mol. The highest BCUT2D eigenvalue weighted by molar-refractivity contribution is 5.24. The summed E-state index contributed by atoms with van der Waals surface area (Å²) in [6.07, 6.45) is -1.58. The van der Waals surface area contributed by atoms with Crippen LogP contribution in [0.2, 0.25) is 0 Å². The molecule has 0 unspecified atom stereocenters. The summed E-state index contributed by atoms with van der Waals surface area (Å²) in [5, 5.41) is 3.26. The van der Waals surface area contributed by atoms with E-state index in [0.29, 0.717) is 6.04 Å². The summed E-state index contributed by atoms with van der Waals surface area (Å²) in [5.41, 5.74) is 1.07. The molecule has 1 aromatic carbocycles. The van der Waals surface area contributed by atoms with Crippen molar-refractivity contribution in [2.75, 3.05) is 6.54 Å². The minimum absolute atomic E-state index is 0.108. The van der Waals surface area contributed by atoms with Gasteiger partial charge in [-0.25, -0.2) is 8.78 Å². The van der Waals surface area contributed by atoms with Gasteiger partial charge >= 0.3 is 0 Å². The van der Waals surface area contributed by atoms with Crippen LogP contribution < -0.4 is 5.32 Å². The van der Waals surface area contributed by atoms with Crippen LogP contribution >= 0.6 is 0 Å². The fourth-order valence-electron chi connectivity index (χ4n) is 1.39. The molecule has 0 aliphatic carbocycles. The molecule has 1 aromatic rings. The summed E-state index contributed by atoms with van der Waals surface area (Å²) < 4.78 is 24.8. The van der Waals surface area contributed by atoms with Crippen molar-refractivity contribution in [3.8, 4) is 0 Å². The Balaban J connectivity index is 2.50. The standard InChI is InChI=1S/C12H17F2N/c1-9(2)15-7-6-10-4-3-5-11(8-10)12(13)14/h3-5,8-9,12,15H,6-7H2,1-2H3. The Morgan fingerprint density at radius 2 is 2.00 bits per heavy atom. The lowest BCUT2D eigenvalue weighted by Gasteiger charge is -2.08. The zero-order valence-electron chi connectivity index (χ0n) is 9.13. The molecule has 0 saturated heterocycles. The van der Waals surface area contributed by atoms with Gasteiger partial charge in [0.1, 0.15) is 0 Å². The maximum atomic E-state index is 12.4. The highest BCUT2D eigenvalue weighted by Gasteiger charge is 2.06. The SMILES string of the molecule is CC(C)NCCc1cccc(C(F)F)c1. The molecule has 84 valence electrons. The van der Waals surface area contributed by atoms with E-state index >= 15 is 0 Å². The number of halogens is 2. The molecule has 1 rings (SSSR count). The number of alkyl halides is 2. The van der Waals surface area contributed by atoms with Crippen LogP contribution in [0.5, 0.6) is 0 Å². The molecule has 0 heterocycles. The Morgan fingerprint density at radius 3 is 2.60 bits per heavy atom. The monoisotopic (exact) mass is 213 g/mol. The quantitative estimate of drug-likeness (QED) is 0.792. The molecule has 1 nitrogen and oxygen atoms in total. The fraction of sp³-hybridized carbons (Fsp3) is 0.500. The van der Waals surface area contributed by atoms with E-state index in [1.165, 1.54) is 6.07 Å².